The predicted molar refractivity (Wildman–Crippen MR) is 64.1 cm³/mol. The molecular formula is C10H20N4O4. The Hall–Kier alpha value is -1.67. The van der Waals surface area contributed by atoms with Gasteiger partial charge in [-0.1, -0.05) is 0 Å². The second-order valence-corrected chi connectivity index (χ2v) is 3.87. The Kier molecular flexibility index (Phi) is 7.64. The fourth-order valence-corrected chi connectivity index (χ4v) is 1.39. The van der Waals surface area contributed by atoms with Crippen LogP contribution in [0.1, 0.15) is 12.8 Å². The lowest BCUT2D eigenvalue weighted by atomic mass is 10.1. The fraction of sp³-hybridized carbons (Fsp3) is 0.700. The van der Waals surface area contributed by atoms with Gasteiger partial charge in [-0.3, -0.25) is 14.4 Å². The fourth-order valence-electron chi connectivity index (χ4n) is 1.39. The summed E-state index contributed by atoms with van der Waals surface area (Å²) in [6.45, 7) is -0.272. The van der Waals surface area contributed by atoms with Gasteiger partial charge in [-0.2, -0.15) is 0 Å². The van der Waals surface area contributed by atoms with E-state index in [1.807, 2.05) is 0 Å². The quantitative estimate of drug-likeness (QED) is 0.394. The Labute approximate surface area is 105 Å². The topological polar surface area (TPSA) is 142 Å². The number of hydrogen-bond donors (Lipinski definition) is 3. The second-order valence-electron chi connectivity index (χ2n) is 3.87. The number of nitrogens with two attached hydrogens (primary N) is 3. The number of carbonyl (C=O) groups is 3. The van der Waals surface area contributed by atoms with E-state index >= 15 is 0 Å². The third kappa shape index (κ3) is 6.81. The summed E-state index contributed by atoms with van der Waals surface area (Å²) in [6, 6.07) is -0.807. The molecule has 8 heteroatoms. The molecular weight excluding hydrogens is 240 g/mol. The molecule has 0 bridgehead atoms. The van der Waals surface area contributed by atoms with E-state index in [4.69, 9.17) is 21.9 Å². The summed E-state index contributed by atoms with van der Waals surface area (Å²) < 4.78 is 4.83. The van der Waals surface area contributed by atoms with Crippen LogP contribution in [0.5, 0.6) is 0 Å². The van der Waals surface area contributed by atoms with Gasteiger partial charge in [0, 0.05) is 13.7 Å². The number of hydrogen-bond acceptors (Lipinski definition) is 5. The van der Waals surface area contributed by atoms with Crippen molar-refractivity contribution in [2.24, 2.45) is 17.2 Å². The van der Waals surface area contributed by atoms with Crippen molar-refractivity contribution in [3.63, 3.8) is 0 Å². The highest BCUT2D eigenvalue weighted by molar-refractivity contribution is 5.90. The summed E-state index contributed by atoms with van der Waals surface area (Å²) in [5.41, 5.74) is 15.6. The number of amides is 3. The van der Waals surface area contributed by atoms with Crippen LogP contribution in [0, 0.1) is 0 Å². The van der Waals surface area contributed by atoms with Crippen molar-refractivity contribution in [2.75, 3.05) is 26.8 Å². The van der Waals surface area contributed by atoms with E-state index in [2.05, 4.69) is 0 Å². The van der Waals surface area contributed by atoms with Crippen molar-refractivity contribution in [3.8, 4) is 0 Å². The zero-order chi connectivity index (χ0) is 14.1. The van der Waals surface area contributed by atoms with E-state index < -0.39 is 23.8 Å². The van der Waals surface area contributed by atoms with E-state index in [-0.39, 0.29) is 13.1 Å². The molecule has 0 saturated carbocycles. The smallest absolute Gasteiger partial charge is 0.240 e. The van der Waals surface area contributed by atoms with Gasteiger partial charge in [-0.15, -0.1) is 0 Å². The lowest BCUT2D eigenvalue weighted by Crippen LogP contribution is -2.50. The number of ether oxygens (including phenoxy) is 1. The van der Waals surface area contributed by atoms with Crippen LogP contribution in [0.25, 0.3) is 0 Å². The molecule has 1 atom stereocenters. The van der Waals surface area contributed by atoms with E-state index in [0.29, 0.717) is 19.4 Å². The molecule has 0 aliphatic rings. The first-order valence-electron chi connectivity index (χ1n) is 5.48. The molecule has 6 N–H and O–H groups in total. The first-order valence-corrected chi connectivity index (χ1v) is 5.48. The molecule has 104 valence electrons. The molecule has 0 spiro atoms. The van der Waals surface area contributed by atoms with Gasteiger partial charge < -0.3 is 26.8 Å². The van der Waals surface area contributed by atoms with Crippen molar-refractivity contribution in [2.45, 2.75) is 18.9 Å². The van der Waals surface area contributed by atoms with E-state index in [0.717, 1.165) is 4.90 Å². The Morgan fingerprint density at radius 3 is 2.06 bits per heavy atom. The first-order chi connectivity index (χ1) is 8.38. The minimum absolute atomic E-state index is 0.375. The van der Waals surface area contributed by atoms with Gasteiger partial charge in [0.05, 0.1) is 19.1 Å². The Morgan fingerprint density at radius 2 is 1.67 bits per heavy atom. The summed E-state index contributed by atoms with van der Waals surface area (Å²) in [5, 5.41) is 0. The number of nitrogens with zero attached hydrogens (tertiary/aromatic N) is 1. The molecule has 0 saturated heterocycles. The van der Waals surface area contributed by atoms with Crippen molar-refractivity contribution in [3.05, 3.63) is 0 Å². The van der Waals surface area contributed by atoms with E-state index in [1.165, 1.54) is 0 Å². The number of methoxy groups -OCH3 is 1. The molecule has 18 heavy (non-hydrogen) atoms. The van der Waals surface area contributed by atoms with Crippen LogP contribution in [-0.4, -0.2) is 55.5 Å². The minimum Gasteiger partial charge on any atom is -0.385 e. The van der Waals surface area contributed by atoms with Crippen LogP contribution in [0.3, 0.4) is 0 Å². The standard InChI is InChI=1S/C10H20N4O4/c1-18-4-2-3-7(11)10(17)14(5-8(12)15)6-9(13)16/h7H,2-6,11H2,1H3,(H2,12,15)(H2,13,16). The molecule has 0 aliphatic heterocycles. The monoisotopic (exact) mass is 260 g/mol. The van der Waals surface area contributed by atoms with Gasteiger partial charge in [0.15, 0.2) is 0 Å². The maximum absolute atomic E-state index is 11.9. The summed E-state index contributed by atoms with van der Waals surface area (Å²) in [6.07, 6.45) is 0.991. The predicted octanol–water partition coefficient (Wildman–Crippen LogP) is -2.46. The first kappa shape index (κ1) is 16.3. The molecule has 0 heterocycles. The zero-order valence-electron chi connectivity index (χ0n) is 10.4. The van der Waals surface area contributed by atoms with Crippen LogP contribution in [-0.2, 0) is 19.1 Å². The van der Waals surface area contributed by atoms with Gasteiger partial charge in [-0.05, 0) is 12.8 Å². The van der Waals surface area contributed by atoms with Gasteiger partial charge in [0.2, 0.25) is 17.7 Å². The second kappa shape index (κ2) is 8.43. The lowest BCUT2D eigenvalue weighted by Gasteiger charge is -2.23. The van der Waals surface area contributed by atoms with Crippen LogP contribution in [0.15, 0.2) is 0 Å². The molecule has 0 aromatic heterocycles. The Bertz CT molecular complexity index is 292. The average molecular weight is 260 g/mol. The normalized spacial score (nSPS) is 11.9. The summed E-state index contributed by atoms with van der Waals surface area (Å²) >= 11 is 0. The molecule has 1 unspecified atom stereocenters. The van der Waals surface area contributed by atoms with Gasteiger partial charge >= 0.3 is 0 Å². The molecule has 0 aliphatic carbocycles. The van der Waals surface area contributed by atoms with E-state index in [1.54, 1.807) is 7.11 Å². The van der Waals surface area contributed by atoms with E-state index in [9.17, 15) is 14.4 Å². The largest absolute Gasteiger partial charge is 0.385 e. The molecule has 0 fully saturated rings. The number of rotatable bonds is 9. The van der Waals surface area contributed by atoms with Crippen LogP contribution in [0.2, 0.25) is 0 Å². The zero-order valence-corrected chi connectivity index (χ0v) is 10.4. The Morgan fingerprint density at radius 1 is 1.17 bits per heavy atom. The highest BCUT2D eigenvalue weighted by atomic mass is 16.5. The van der Waals surface area contributed by atoms with Crippen molar-refractivity contribution >= 4 is 17.7 Å². The maximum Gasteiger partial charge on any atom is 0.240 e. The average Bonchev–Trinajstić information content (AvgIpc) is 2.26. The summed E-state index contributed by atoms with van der Waals surface area (Å²) in [4.78, 5) is 34.4. The van der Waals surface area contributed by atoms with Gasteiger partial charge in [-0.25, -0.2) is 0 Å². The van der Waals surface area contributed by atoms with Crippen LogP contribution >= 0.6 is 0 Å². The number of carbonyl (C=O) groups excluding carboxylic acids is 3. The van der Waals surface area contributed by atoms with Crippen molar-refractivity contribution < 1.29 is 19.1 Å². The van der Waals surface area contributed by atoms with Crippen LogP contribution in [0.4, 0.5) is 0 Å². The molecule has 0 aromatic rings. The summed E-state index contributed by atoms with van der Waals surface area (Å²) in [5.74, 6) is -1.98. The van der Waals surface area contributed by atoms with Crippen molar-refractivity contribution in [1.29, 1.82) is 0 Å². The third-order valence-electron chi connectivity index (χ3n) is 2.19. The maximum atomic E-state index is 11.9. The highest BCUT2D eigenvalue weighted by Gasteiger charge is 2.23. The highest BCUT2D eigenvalue weighted by Crippen LogP contribution is 2.01. The lowest BCUT2D eigenvalue weighted by molar-refractivity contribution is -0.139. The van der Waals surface area contributed by atoms with Crippen molar-refractivity contribution in [1.82, 2.24) is 4.90 Å². The number of primary amides is 2. The molecule has 0 aromatic carbocycles. The SMILES string of the molecule is COCCCC(N)C(=O)N(CC(N)=O)CC(N)=O. The molecule has 0 rings (SSSR count). The molecule has 0 radical (unpaired) electrons. The van der Waals surface area contributed by atoms with Gasteiger partial charge in [0.1, 0.15) is 0 Å². The Balaban J connectivity index is 4.42. The molecule has 3 amide bonds. The third-order valence-corrected chi connectivity index (χ3v) is 2.19. The minimum atomic E-state index is -0.807. The van der Waals surface area contributed by atoms with Gasteiger partial charge in [0.25, 0.3) is 0 Å². The van der Waals surface area contributed by atoms with Crippen LogP contribution < -0.4 is 17.2 Å². The summed E-state index contributed by atoms with van der Waals surface area (Å²) in [7, 11) is 1.54. The molecule has 8 nitrogen and oxygen atoms in total.